The summed E-state index contributed by atoms with van der Waals surface area (Å²) in [5.74, 6) is -1.22. The molecule has 1 aromatic heterocycles. The van der Waals surface area contributed by atoms with Crippen LogP contribution < -0.4 is 10.6 Å². The summed E-state index contributed by atoms with van der Waals surface area (Å²) in [6, 6.07) is 23.1. The van der Waals surface area contributed by atoms with Crippen molar-refractivity contribution < 1.29 is 24.3 Å². The van der Waals surface area contributed by atoms with E-state index < -0.39 is 18.0 Å². The van der Waals surface area contributed by atoms with Crippen molar-refractivity contribution in [3.05, 3.63) is 124 Å². The normalized spacial score (nSPS) is 16.7. The minimum Gasteiger partial charge on any atom is -0.394 e. The van der Waals surface area contributed by atoms with Gasteiger partial charge in [0.2, 0.25) is 5.91 Å². The monoisotopic (exact) mass is 716 g/mol. The highest BCUT2D eigenvalue weighted by atomic mass is 16.3. The number of hydrogen-bond donors (Lipinski definition) is 3. The number of aromatic nitrogens is 2. The molecule has 0 aliphatic carbocycles. The first-order valence-electron chi connectivity index (χ1n) is 18.6. The molecule has 4 aromatic rings. The molecule has 3 heterocycles. The maximum absolute atomic E-state index is 14.7. The van der Waals surface area contributed by atoms with Crippen LogP contribution in [0.2, 0.25) is 0 Å². The second kappa shape index (κ2) is 16.9. The van der Waals surface area contributed by atoms with Gasteiger partial charge in [-0.1, -0.05) is 81.3 Å². The Labute approximate surface area is 310 Å². The van der Waals surface area contributed by atoms with E-state index in [1.54, 1.807) is 39.9 Å². The van der Waals surface area contributed by atoms with Gasteiger partial charge in [0.1, 0.15) is 0 Å². The van der Waals surface area contributed by atoms with Crippen molar-refractivity contribution in [1.82, 2.24) is 24.9 Å². The van der Waals surface area contributed by atoms with E-state index in [2.05, 4.69) is 24.5 Å². The van der Waals surface area contributed by atoms with E-state index >= 15 is 0 Å². The third kappa shape index (κ3) is 8.41. The smallest absolute Gasteiger partial charge is 0.274 e. The number of aryl methyl sites for hydroxylation is 1. The van der Waals surface area contributed by atoms with Crippen LogP contribution in [0, 0.1) is 6.92 Å². The standard InChI is InChI=1S/C42H48N6O5/c1-4-6-19-46(20-7-5-2)42(53)37-21-28(3)48(45-37)38-18-17-33(43-40(51)32-23-36(44-39(50)24-32)29-13-9-8-10-14-29)25-35(38)41(52)47-26-31-16-12-11-15-30(31)22-34(47)27-49/h8-18,21,23,25,34,36,49H,4-7,19-20,22,24,26-27H2,1-3H3,(H,43,51)(H,44,50)/t34-,36?/m0/s1. The lowest BCUT2D eigenvalue weighted by atomic mass is 9.93. The number of amides is 4. The summed E-state index contributed by atoms with van der Waals surface area (Å²) in [5.41, 5.74) is 5.25. The van der Waals surface area contributed by atoms with Crippen LogP contribution in [0.25, 0.3) is 5.69 Å². The molecular formula is C42H48N6O5. The molecule has 0 radical (unpaired) electrons. The number of aliphatic hydroxyl groups excluding tert-OH is 1. The average Bonchev–Trinajstić information content (AvgIpc) is 3.57. The van der Waals surface area contributed by atoms with Crippen molar-refractivity contribution in [2.45, 2.75) is 77.9 Å². The lowest BCUT2D eigenvalue weighted by Crippen LogP contribution is -2.46. The SMILES string of the molecule is CCCCN(CCCC)C(=O)c1cc(C)n(-c2ccc(NC(=O)C3=CC(c4ccccc4)NC(=O)C3)cc2C(=O)N2Cc3ccccc3C[C@H]2CO)n1. The molecule has 0 saturated heterocycles. The Bertz CT molecular complexity index is 2000. The average molecular weight is 717 g/mol. The summed E-state index contributed by atoms with van der Waals surface area (Å²) in [6.07, 6.45) is 5.87. The highest BCUT2D eigenvalue weighted by molar-refractivity contribution is 6.08. The second-order valence-electron chi connectivity index (χ2n) is 13.8. The minimum absolute atomic E-state index is 0.0821. The molecule has 276 valence electrons. The zero-order chi connectivity index (χ0) is 37.5. The summed E-state index contributed by atoms with van der Waals surface area (Å²) in [7, 11) is 0. The summed E-state index contributed by atoms with van der Waals surface area (Å²) in [5, 5.41) is 21.0. The van der Waals surface area contributed by atoms with E-state index in [1.165, 1.54) is 0 Å². The molecule has 0 spiro atoms. The molecule has 3 aromatic carbocycles. The zero-order valence-corrected chi connectivity index (χ0v) is 30.7. The summed E-state index contributed by atoms with van der Waals surface area (Å²) < 4.78 is 1.61. The van der Waals surface area contributed by atoms with Crippen molar-refractivity contribution in [2.75, 3.05) is 25.0 Å². The van der Waals surface area contributed by atoms with Crippen LogP contribution in [-0.2, 0) is 22.6 Å². The maximum atomic E-state index is 14.7. The molecule has 0 saturated carbocycles. The first-order valence-corrected chi connectivity index (χ1v) is 18.6. The van der Waals surface area contributed by atoms with Crippen LogP contribution in [-0.4, -0.2) is 74.1 Å². The molecule has 0 fully saturated rings. The van der Waals surface area contributed by atoms with Crippen LogP contribution in [0.1, 0.15) is 95.2 Å². The number of fused-ring (bicyclic) bond motifs is 1. The van der Waals surface area contributed by atoms with Crippen LogP contribution in [0.4, 0.5) is 5.69 Å². The number of unbranched alkanes of at least 4 members (excludes halogenated alkanes) is 2. The van der Waals surface area contributed by atoms with Gasteiger partial charge >= 0.3 is 0 Å². The van der Waals surface area contributed by atoms with E-state index in [4.69, 9.17) is 5.10 Å². The Morgan fingerprint density at radius 1 is 0.943 bits per heavy atom. The minimum atomic E-state index is -0.467. The Morgan fingerprint density at radius 2 is 1.64 bits per heavy atom. The van der Waals surface area contributed by atoms with E-state index in [0.29, 0.717) is 54.4 Å². The predicted octanol–water partition coefficient (Wildman–Crippen LogP) is 5.91. The number of benzene rings is 3. The lowest BCUT2D eigenvalue weighted by Gasteiger charge is -2.36. The molecule has 53 heavy (non-hydrogen) atoms. The van der Waals surface area contributed by atoms with Gasteiger partial charge in [0.15, 0.2) is 5.69 Å². The van der Waals surface area contributed by atoms with E-state index in [1.807, 2.05) is 66.4 Å². The van der Waals surface area contributed by atoms with Crippen molar-refractivity contribution in [3.8, 4) is 5.69 Å². The summed E-state index contributed by atoms with van der Waals surface area (Å²) >= 11 is 0. The van der Waals surface area contributed by atoms with E-state index in [9.17, 15) is 24.3 Å². The first kappa shape index (κ1) is 37.2. The van der Waals surface area contributed by atoms with Gasteiger partial charge in [-0.25, -0.2) is 4.68 Å². The Kier molecular flexibility index (Phi) is 11.8. The van der Waals surface area contributed by atoms with Gasteiger partial charge in [0.25, 0.3) is 17.7 Å². The fourth-order valence-corrected chi connectivity index (χ4v) is 7.02. The Morgan fingerprint density at radius 3 is 2.34 bits per heavy atom. The van der Waals surface area contributed by atoms with Crippen LogP contribution in [0.15, 0.2) is 90.5 Å². The third-order valence-corrected chi connectivity index (χ3v) is 9.98. The van der Waals surface area contributed by atoms with Gasteiger partial charge < -0.3 is 25.5 Å². The van der Waals surface area contributed by atoms with Crippen LogP contribution >= 0.6 is 0 Å². The highest BCUT2D eigenvalue weighted by Gasteiger charge is 2.32. The quantitative estimate of drug-likeness (QED) is 0.158. The molecule has 3 N–H and O–H groups in total. The van der Waals surface area contributed by atoms with Crippen LogP contribution in [0.5, 0.6) is 0 Å². The van der Waals surface area contributed by atoms with Crippen molar-refractivity contribution in [3.63, 3.8) is 0 Å². The molecule has 11 nitrogen and oxygen atoms in total. The zero-order valence-electron chi connectivity index (χ0n) is 30.7. The second-order valence-corrected chi connectivity index (χ2v) is 13.8. The topological polar surface area (TPSA) is 137 Å². The van der Waals surface area contributed by atoms with Gasteiger partial charge in [-0.3, -0.25) is 19.2 Å². The summed E-state index contributed by atoms with van der Waals surface area (Å²) in [4.78, 5) is 58.3. The van der Waals surface area contributed by atoms with Crippen molar-refractivity contribution in [1.29, 1.82) is 0 Å². The van der Waals surface area contributed by atoms with Crippen molar-refractivity contribution in [2.24, 2.45) is 0 Å². The number of rotatable bonds is 13. The predicted molar refractivity (Wildman–Crippen MR) is 204 cm³/mol. The Balaban J connectivity index is 1.36. The fraction of sp³-hybridized carbons (Fsp3) is 0.357. The van der Waals surface area contributed by atoms with Crippen molar-refractivity contribution >= 4 is 29.3 Å². The number of nitrogens with zero attached hydrogens (tertiary/aromatic N) is 4. The largest absolute Gasteiger partial charge is 0.394 e. The molecule has 2 aliphatic heterocycles. The third-order valence-electron chi connectivity index (χ3n) is 9.98. The number of carbonyl (C=O) groups excluding carboxylic acids is 4. The molecule has 2 aliphatic rings. The van der Waals surface area contributed by atoms with Gasteiger partial charge in [-0.15, -0.1) is 0 Å². The molecule has 11 heteroatoms. The number of aliphatic hydroxyl groups is 1. The van der Waals surface area contributed by atoms with Gasteiger partial charge in [0, 0.05) is 36.6 Å². The molecule has 6 rings (SSSR count). The van der Waals surface area contributed by atoms with Gasteiger partial charge in [0.05, 0.1) is 36.4 Å². The maximum Gasteiger partial charge on any atom is 0.274 e. The first-order chi connectivity index (χ1) is 25.7. The number of anilines is 1. The number of nitrogens with one attached hydrogen (secondary N) is 2. The molecular weight excluding hydrogens is 668 g/mol. The lowest BCUT2D eigenvalue weighted by molar-refractivity contribution is -0.123. The Hall–Kier alpha value is -5.55. The van der Waals surface area contributed by atoms with Gasteiger partial charge in [-0.05, 0) is 73.2 Å². The molecule has 0 bridgehead atoms. The van der Waals surface area contributed by atoms with Gasteiger partial charge in [-0.2, -0.15) is 5.10 Å². The molecule has 2 atom stereocenters. The number of hydrogen-bond acceptors (Lipinski definition) is 6. The van der Waals surface area contributed by atoms with E-state index in [-0.39, 0.29) is 36.3 Å². The fourth-order valence-electron chi connectivity index (χ4n) is 7.02. The number of carbonyl (C=O) groups is 4. The molecule has 1 unspecified atom stereocenters. The summed E-state index contributed by atoms with van der Waals surface area (Å²) in [6.45, 7) is 7.38. The van der Waals surface area contributed by atoms with E-state index in [0.717, 1.165) is 42.4 Å². The van der Waals surface area contributed by atoms with Crippen LogP contribution in [0.3, 0.4) is 0 Å². The molecule has 4 amide bonds. The highest BCUT2D eigenvalue weighted by Crippen LogP contribution is 2.30.